The lowest BCUT2D eigenvalue weighted by molar-refractivity contribution is 0.233. The third kappa shape index (κ3) is 4.94. The van der Waals surface area contributed by atoms with Gasteiger partial charge in [-0.2, -0.15) is 0 Å². The van der Waals surface area contributed by atoms with Gasteiger partial charge in [-0.25, -0.2) is 4.79 Å². The Bertz CT molecular complexity index is 353. The molecule has 1 saturated heterocycles. The molecule has 0 bridgehead atoms. The van der Waals surface area contributed by atoms with Gasteiger partial charge in [-0.1, -0.05) is 30.3 Å². The Morgan fingerprint density at radius 2 is 1.89 bits per heavy atom. The van der Waals surface area contributed by atoms with Crippen LogP contribution in [0.25, 0.3) is 0 Å². The number of halogens is 1. The van der Waals surface area contributed by atoms with Crippen LogP contribution in [-0.4, -0.2) is 25.2 Å². The van der Waals surface area contributed by atoms with Crippen molar-refractivity contribution in [1.82, 2.24) is 16.0 Å². The Hall–Kier alpha value is -1.26. The smallest absolute Gasteiger partial charge is 0.315 e. The molecule has 1 aromatic rings. The fourth-order valence-corrected chi connectivity index (χ4v) is 1.98. The minimum atomic E-state index is -0.0687. The van der Waals surface area contributed by atoms with Crippen LogP contribution in [0.5, 0.6) is 0 Å². The number of hydrogen-bond donors (Lipinski definition) is 3. The monoisotopic (exact) mass is 269 g/mol. The Balaban J connectivity index is 0.00000162. The van der Waals surface area contributed by atoms with E-state index in [9.17, 15) is 4.79 Å². The van der Waals surface area contributed by atoms with Crippen molar-refractivity contribution >= 4 is 18.4 Å². The highest BCUT2D eigenvalue weighted by molar-refractivity contribution is 5.85. The van der Waals surface area contributed by atoms with Crippen molar-refractivity contribution in [2.75, 3.05) is 13.1 Å². The van der Waals surface area contributed by atoms with E-state index in [0.717, 1.165) is 31.5 Å². The van der Waals surface area contributed by atoms with Crippen LogP contribution in [0.3, 0.4) is 0 Å². The van der Waals surface area contributed by atoms with E-state index in [0.29, 0.717) is 12.6 Å². The number of piperidine rings is 1. The van der Waals surface area contributed by atoms with Crippen LogP contribution < -0.4 is 16.0 Å². The van der Waals surface area contributed by atoms with Gasteiger partial charge in [-0.3, -0.25) is 0 Å². The van der Waals surface area contributed by atoms with Crippen molar-refractivity contribution in [1.29, 1.82) is 0 Å². The van der Waals surface area contributed by atoms with Crippen molar-refractivity contribution < 1.29 is 4.79 Å². The van der Waals surface area contributed by atoms with Crippen LogP contribution in [0, 0.1) is 0 Å². The van der Waals surface area contributed by atoms with Gasteiger partial charge in [-0.15, -0.1) is 12.4 Å². The van der Waals surface area contributed by atoms with Crippen LogP contribution in [0.4, 0.5) is 4.79 Å². The number of amides is 2. The molecule has 100 valence electrons. The van der Waals surface area contributed by atoms with E-state index in [4.69, 9.17) is 0 Å². The third-order valence-electron chi connectivity index (χ3n) is 2.97. The number of rotatable bonds is 3. The molecule has 0 radical (unpaired) electrons. The fraction of sp³-hybridized carbons (Fsp3) is 0.462. The first-order valence-corrected chi connectivity index (χ1v) is 6.13. The van der Waals surface area contributed by atoms with Gasteiger partial charge in [0.15, 0.2) is 0 Å². The second kappa shape index (κ2) is 7.95. The van der Waals surface area contributed by atoms with Gasteiger partial charge >= 0.3 is 6.03 Å². The van der Waals surface area contributed by atoms with Crippen molar-refractivity contribution in [2.45, 2.75) is 25.4 Å². The maximum Gasteiger partial charge on any atom is 0.315 e. The second-order valence-electron chi connectivity index (χ2n) is 4.34. The summed E-state index contributed by atoms with van der Waals surface area (Å²) in [6, 6.07) is 10.2. The zero-order chi connectivity index (χ0) is 11.9. The van der Waals surface area contributed by atoms with E-state index in [2.05, 4.69) is 16.0 Å². The van der Waals surface area contributed by atoms with E-state index in [1.807, 2.05) is 30.3 Å². The average Bonchev–Trinajstić information content (AvgIpc) is 2.39. The summed E-state index contributed by atoms with van der Waals surface area (Å²) in [7, 11) is 0. The molecule has 2 rings (SSSR count). The van der Waals surface area contributed by atoms with Gasteiger partial charge in [0.25, 0.3) is 0 Å². The Morgan fingerprint density at radius 1 is 1.22 bits per heavy atom. The van der Waals surface area contributed by atoms with Gasteiger partial charge in [0.2, 0.25) is 0 Å². The third-order valence-corrected chi connectivity index (χ3v) is 2.97. The molecule has 0 atom stereocenters. The molecule has 2 amide bonds. The van der Waals surface area contributed by atoms with E-state index < -0.39 is 0 Å². The van der Waals surface area contributed by atoms with Crippen molar-refractivity contribution in [2.24, 2.45) is 0 Å². The molecule has 1 heterocycles. The largest absolute Gasteiger partial charge is 0.335 e. The molecule has 0 aromatic heterocycles. The van der Waals surface area contributed by atoms with Gasteiger partial charge < -0.3 is 16.0 Å². The van der Waals surface area contributed by atoms with E-state index in [1.54, 1.807) is 0 Å². The first-order chi connectivity index (χ1) is 8.34. The molecular formula is C13H20ClN3O. The zero-order valence-electron chi connectivity index (χ0n) is 10.3. The summed E-state index contributed by atoms with van der Waals surface area (Å²) in [5.74, 6) is 0. The predicted octanol–water partition coefficient (Wildman–Crippen LogP) is 1.66. The minimum Gasteiger partial charge on any atom is -0.335 e. The molecule has 18 heavy (non-hydrogen) atoms. The van der Waals surface area contributed by atoms with Crippen LogP contribution in [0.2, 0.25) is 0 Å². The lowest BCUT2D eigenvalue weighted by atomic mass is 10.1. The lowest BCUT2D eigenvalue weighted by Gasteiger charge is -2.23. The number of nitrogens with one attached hydrogen (secondary N) is 3. The lowest BCUT2D eigenvalue weighted by Crippen LogP contribution is -2.46. The number of hydrogen-bond acceptors (Lipinski definition) is 2. The summed E-state index contributed by atoms with van der Waals surface area (Å²) in [5, 5.41) is 9.15. The van der Waals surface area contributed by atoms with E-state index in [-0.39, 0.29) is 18.4 Å². The van der Waals surface area contributed by atoms with Gasteiger partial charge in [0.1, 0.15) is 0 Å². The van der Waals surface area contributed by atoms with Crippen molar-refractivity contribution in [3.63, 3.8) is 0 Å². The Morgan fingerprint density at radius 3 is 2.56 bits per heavy atom. The maximum absolute atomic E-state index is 11.6. The van der Waals surface area contributed by atoms with Crippen molar-refractivity contribution in [3.8, 4) is 0 Å². The molecular weight excluding hydrogens is 250 g/mol. The SMILES string of the molecule is Cl.O=C(NCc1ccccc1)NC1CCNCC1. The summed E-state index contributed by atoms with van der Waals surface area (Å²) in [5.41, 5.74) is 1.12. The number of benzene rings is 1. The molecule has 0 unspecified atom stereocenters. The van der Waals surface area contributed by atoms with Crippen molar-refractivity contribution in [3.05, 3.63) is 35.9 Å². The maximum atomic E-state index is 11.6. The average molecular weight is 270 g/mol. The number of carbonyl (C=O) groups excluding carboxylic acids is 1. The molecule has 1 aliphatic rings. The van der Waals surface area contributed by atoms with Gasteiger partial charge in [-0.05, 0) is 31.5 Å². The molecule has 0 spiro atoms. The molecule has 0 saturated carbocycles. The van der Waals surface area contributed by atoms with Crippen LogP contribution >= 0.6 is 12.4 Å². The standard InChI is InChI=1S/C13H19N3O.ClH/c17-13(16-12-6-8-14-9-7-12)15-10-11-4-2-1-3-5-11;/h1-5,12,14H,6-10H2,(H2,15,16,17);1H. The molecule has 1 aliphatic heterocycles. The van der Waals surface area contributed by atoms with Crippen LogP contribution in [0.15, 0.2) is 30.3 Å². The second-order valence-corrected chi connectivity index (χ2v) is 4.34. The summed E-state index contributed by atoms with van der Waals surface area (Å²) in [6.07, 6.45) is 2.03. The quantitative estimate of drug-likeness (QED) is 0.782. The van der Waals surface area contributed by atoms with Gasteiger partial charge in [0, 0.05) is 12.6 Å². The number of urea groups is 1. The fourth-order valence-electron chi connectivity index (χ4n) is 1.98. The molecule has 3 N–H and O–H groups in total. The first-order valence-electron chi connectivity index (χ1n) is 6.13. The minimum absolute atomic E-state index is 0. The molecule has 0 aliphatic carbocycles. The molecule has 1 aromatic carbocycles. The van der Waals surface area contributed by atoms with E-state index in [1.165, 1.54) is 0 Å². The highest BCUT2D eigenvalue weighted by Gasteiger charge is 2.14. The van der Waals surface area contributed by atoms with E-state index >= 15 is 0 Å². The highest BCUT2D eigenvalue weighted by atomic mass is 35.5. The summed E-state index contributed by atoms with van der Waals surface area (Å²) in [6.45, 7) is 2.56. The highest BCUT2D eigenvalue weighted by Crippen LogP contribution is 2.02. The van der Waals surface area contributed by atoms with Crippen LogP contribution in [0.1, 0.15) is 18.4 Å². The Labute approximate surface area is 114 Å². The predicted molar refractivity (Wildman–Crippen MR) is 75.0 cm³/mol. The van der Waals surface area contributed by atoms with Gasteiger partial charge in [0.05, 0.1) is 0 Å². The number of carbonyl (C=O) groups is 1. The normalized spacial score (nSPS) is 15.6. The summed E-state index contributed by atoms with van der Waals surface area (Å²) < 4.78 is 0. The Kier molecular flexibility index (Phi) is 6.54. The molecule has 1 fully saturated rings. The topological polar surface area (TPSA) is 53.2 Å². The zero-order valence-corrected chi connectivity index (χ0v) is 11.1. The van der Waals surface area contributed by atoms with Crippen LogP contribution in [-0.2, 0) is 6.54 Å². The molecule has 5 heteroatoms. The summed E-state index contributed by atoms with van der Waals surface area (Å²) in [4.78, 5) is 11.6. The first kappa shape index (κ1) is 14.8. The molecule has 4 nitrogen and oxygen atoms in total. The summed E-state index contributed by atoms with van der Waals surface area (Å²) >= 11 is 0.